The van der Waals surface area contributed by atoms with E-state index in [0.717, 1.165) is 0 Å². The molecular weight excluding hydrogens is 200 g/mol. The van der Waals surface area contributed by atoms with E-state index >= 15 is 0 Å². The molecule has 0 saturated heterocycles. The van der Waals surface area contributed by atoms with Crippen molar-refractivity contribution in [2.75, 3.05) is 0 Å². The van der Waals surface area contributed by atoms with E-state index in [0.29, 0.717) is 0 Å². The van der Waals surface area contributed by atoms with Crippen molar-refractivity contribution in [3.63, 3.8) is 0 Å². The summed E-state index contributed by atoms with van der Waals surface area (Å²) >= 11 is 0. The minimum Gasteiger partial charge on any atom is -0.412 e. The molecule has 0 spiro atoms. The molecule has 0 heterocycles. The van der Waals surface area contributed by atoms with Gasteiger partial charge in [-0.05, 0) is 0 Å². The molecule has 0 bridgehead atoms. The first-order valence-electron chi connectivity index (χ1n) is 1.79. The molecule has 11 heteroatoms. The molecule has 0 aromatic rings. The van der Waals surface area contributed by atoms with Gasteiger partial charge in [0.15, 0.2) is 0 Å². The van der Waals surface area contributed by atoms with E-state index in [1.54, 1.807) is 0 Å². The summed E-state index contributed by atoms with van der Waals surface area (Å²) in [5.74, 6) is 0. The molecule has 0 aromatic heterocycles. The first-order valence-corrected chi connectivity index (χ1v) is 5.37. The summed E-state index contributed by atoms with van der Waals surface area (Å²) in [5, 5.41) is 0. The Hall–Kier alpha value is 0.0738. The fraction of sp³-hybridized carbons (Fsp3) is 0. The van der Waals surface area contributed by atoms with Crippen LogP contribution >= 0.6 is 0 Å². The molecule has 0 aliphatic rings. The summed E-state index contributed by atoms with van der Waals surface area (Å²) in [6.07, 6.45) is 0. The molecule has 10 N–H and O–H groups in total. The molecule has 0 saturated carbocycles. The number of hydrogen-bond acceptors (Lipinski definition) is 8. The van der Waals surface area contributed by atoms with Crippen molar-refractivity contribution in [3.8, 4) is 0 Å². The third-order valence-corrected chi connectivity index (χ3v) is 0. The summed E-state index contributed by atoms with van der Waals surface area (Å²) in [6.45, 7) is 0. The monoisotopic (exact) mass is 210 g/mol. The minimum absolute atomic E-state index is 0. The maximum Gasteiger partial charge on any atom is 0.668 e. The Labute approximate surface area is 63.0 Å². The molecule has 0 aromatic carbocycles. The lowest BCUT2D eigenvalue weighted by Crippen LogP contribution is -2.33. The van der Waals surface area contributed by atoms with Gasteiger partial charge in [-0.3, -0.25) is 0 Å². The molecule has 0 amide bonds. The van der Waals surface area contributed by atoms with Crippen LogP contribution in [0.2, 0.25) is 0 Å². The Morgan fingerprint density at radius 3 is 0.455 bits per heavy atom. The molecule has 0 radical (unpaired) electrons. The Morgan fingerprint density at radius 1 is 0.455 bits per heavy atom. The van der Waals surface area contributed by atoms with E-state index in [1.807, 2.05) is 0 Å². The van der Waals surface area contributed by atoms with Crippen LogP contribution < -0.4 is 0 Å². The van der Waals surface area contributed by atoms with Crippen LogP contribution in [-0.2, 0) is 0 Å². The van der Waals surface area contributed by atoms with Gasteiger partial charge >= 0.3 is 18.1 Å². The summed E-state index contributed by atoms with van der Waals surface area (Å²) in [5.41, 5.74) is 0. The summed E-state index contributed by atoms with van der Waals surface area (Å²) in [7, 11) is -9.22. The fourth-order valence-electron chi connectivity index (χ4n) is 0. The quantitative estimate of drug-likeness (QED) is 0.181. The standard InChI is InChI=1S/2H4O4Si.H2O/c2*1-5(2,3)4;/h2*1-4H;1H2. The third-order valence-electron chi connectivity index (χ3n) is 0. The van der Waals surface area contributed by atoms with Crippen molar-refractivity contribution in [3.05, 3.63) is 0 Å². The molecule has 0 atom stereocenters. The highest BCUT2D eigenvalue weighted by molar-refractivity contribution is 6.47. The lowest BCUT2D eigenvalue weighted by atomic mass is 15.7. The third kappa shape index (κ3) is 121000. The van der Waals surface area contributed by atoms with E-state index in [4.69, 9.17) is 38.4 Å². The van der Waals surface area contributed by atoms with Crippen molar-refractivity contribution in [1.82, 2.24) is 0 Å². The normalized spacial score (nSPS) is 10.9. The minimum atomic E-state index is -4.61. The van der Waals surface area contributed by atoms with Gasteiger partial charge in [-0.1, -0.05) is 0 Å². The number of rotatable bonds is 0. The zero-order chi connectivity index (χ0) is 9.00. The molecule has 11 heavy (non-hydrogen) atoms. The van der Waals surface area contributed by atoms with Gasteiger partial charge in [0.1, 0.15) is 0 Å². The van der Waals surface area contributed by atoms with Gasteiger partial charge in [-0.25, -0.2) is 0 Å². The van der Waals surface area contributed by atoms with Crippen LogP contribution in [0.15, 0.2) is 0 Å². The van der Waals surface area contributed by atoms with Crippen molar-refractivity contribution < 1.29 is 43.8 Å². The lowest BCUT2D eigenvalue weighted by molar-refractivity contribution is 0.115. The van der Waals surface area contributed by atoms with Gasteiger partial charge in [-0.15, -0.1) is 0 Å². The van der Waals surface area contributed by atoms with Crippen molar-refractivity contribution >= 4 is 18.1 Å². The van der Waals surface area contributed by atoms with Gasteiger partial charge in [0.2, 0.25) is 0 Å². The molecule has 0 rings (SSSR count). The highest BCUT2D eigenvalue weighted by Crippen LogP contribution is 1.67. The smallest absolute Gasteiger partial charge is 0.412 e. The predicted molar refractivity (Wildman–Crippen MR) is 32.9 cm³/mol. The van der Waals surface area contributed by atoms with Crippen molar-refractivity contribution in [2.24, 2.45) is 0 Å². The highest BCUT2D eigenvalue weighted by atomic mass is 28.4. The fourth-order valence-corrected chi connectivity index (χ4v) is 0. The van der Waals surface area contributed by atoms with Crippen LogP contribution in [-0.4, -0.2) is 61.9 Å². The van der Waals surface area contributed by atoms with Gasteiger partial charge < -0.3 is 43.8 Å². The van der Waals surface area contributed by atoms with Crippen molar-refractivity contribution in [2.45, 2.75) is 0 Å². The predicted octanol–water partition coefficient (Wildman–Crippen LogP) is -6.04. The second-order valence-electron chi connectivity index (χ2n) is 1.20. The zero-order valence-corrected chi connectivity index (χ0v) is 7.08. The molecule has 9 nitrogen and oxygen atoms in total. The Morgan fingerprint density at radius 2 is 0.455 bits per heavy atom. The van der Waals surface area contributed by atoms with Crippen molar-refractivity contribution in [1.29, 1.82) is 0 Å². The second kappa shape index (κ2) is 5.69. The average molecular weight is 210 g/mol. The average Bonchev–Trinajstić information content (AvgIpc) is 1.12. The van der Waals surface area contributed by atoms with Gasteiger partial charge in [0.25, 0.3) is 0 Å². The molecule has 0 fully saturated rings. The molecule has 0 aliphatic carbocycles. The molecule has 0 unspecified atom stereocenters. The Kier molecular flexibility index (Phi) is 8.92. The Bertz CT molecular complexity index is 50.5. The molecular formula is H10O9Si2. The first kappa shape index (κ1) is 17.2. The van der Waals surface area contributed by atoms with E-state index < -0.39 is 18.1 Å². The van der Waals surface area contributed by atoms with Gasteiger partial charge in [0.05, 0.1) is 0 Å². The number of hydrogen-bond donors (Lipinski definition) is 8. The van der Waals surface area contributed by atoms with Crippen LogP contribution in [0.5, 0.6) is 0 Å². The van der Waals surface area contributed by atoms with E-state index in [1.165, 1.54) is 0 Å². The second-order valence-corrected chi connectivity index (χ2v) is 3.60. The summed E-state index contributed by atoms with van der Waals surface area (Å²) < 4.78 is 0. The van der Waals surface area contributed by atoms with E-state index in [9.17, 15) is 0 Å². The first-order chi connectivity index (χ1) is 4.00. The topological polar surface area (TPSA) is 193 Å². The van der Waals surface area contributed by atoms with Crippen LogP contribution in [0.1, 0.15) is 0 Å². The summed E-state index contributed by atoms with van der Waals surface area (Å²) in [4.78, 5) is 58.6. The van der Waals surface area contributed by atoms with E-state index in [2.05, 4.69) is 0 Å². The van der Waals surface area contributed by atoms with Gasteiger partial charge in [0, 0.05) is 0 Å². The molecule has 0 aliphatic heterocycles. The maximum atomic E-state index is 7.33. The maximum absolute atomic E-state index is 7.33. The Balaban J connectivity index is -0.000000107. The lowest BCUT2D eigenvalue weighted by Gasteiger charge is -1.91. The highest BCUT2D eigenvalue weighted by Gasteiger charge is 2.22. The largest absolute Gasteiger partial charge is 0.668 e. The van der Waals surface area contributed by atoms with Gasteiger partial charge in [-0.2, -0.15) is 0 Å². The van der Waals surface area contributed by atoms with Crippen LogP contribution in [0, 0.1) is 0 Å². The molecule has 72 valence electrons. The van der Waals surface area contributed by atoms with Crippen LogP contribution in [0.25, 0.3) is 0 Å². The summed E-state index contributed by atoms with van der Waals surface area (Å²) in [6, 6.07) is 0. The SMILES string of the molecule is O.O[Si](O)(O)O.O[Si](O)(O)O. The zero-order valence-electron chi connectivity index (χ0n) is 5.08. The van der Waals surface area contributed by atoms with E-state index in [-0.39, 0.29) is 5.48 Å². The van der Waals surface area contributed by atoms with Crippen LogP contribution in [0.4, 0.5) is 0 Å². The van der Waals surface area contributed by atoms with Crippen LogP contribution in [0.3, 0.4) is 0 Å².